The number of aliphatic hydroxyl groups is 1. The standard InChI is InChI=1S/C16H13BrN2O/c17-14-7-6-13(16-12(14)5-3-9-19-16)15(20)10-11-4-1-2-8-18-11/h1-9,15,20H,10H2. The van der Waals surface area contributed by atoms with Gasteiger partial charge < -0.3 is 5.11 Å². The summed E-state index contributed by atoms with van der Waals surface area (Å²) in [6.07, 6.45) is 3.34. The van der Waals surface area contributed by atoms with Crippen LogP contribution in [-0.4, -0.2) is 15.1 Å². The van der Waals surface area contributed by atoms with E-state index < -0.39 is 6.10 Å². The SMILES string of the molecule is OC(Cc1ccccn1)c1ccc(Br)c2cccnc12. The molecule has 1 unspecified atom stereocenters. The minimum atomic E-state index is -0.615. The maximum atomic E-state index is 10.5. The van der Waals surface area contributed by atoms with Crippen LogP contribution in [0.3, 0.4) is 0 Å². The number of nitrogens with zero attached hydrogens (tertiary/aromatic N) is 2. The molecule has 0 fully saturated rings. The molecular weight excluding hydrogens is 316 g/mol. The van der Waals surface area contributed by atoms with Gasteiger partial charge in [-0.3, -0.25) is 9.97 Å². The molecule has 0 aliphatic rings. The quantitative estimate of drug-likeness (QED) is 0.797. The van der Waals surface area contributed by atoms with Crippen LogP contribution in [0.4, 0.5) is 0 Å². The number of hydrogen-bond acceptors (Lipinski definition) is 3. The second-order valence-corrected chi connectivity index (χ2v) is 5.43. The van der Waals surface area contributed by atoms with Crippen molar-refractivity contribution in [3.8, 4) is 0 Å². The summed E-state index contributed by atoms with van der Waals surface area (Å²) >= 11 is 3.51. The molecule has 0 amide bonds. The topological polar surface area (TPSA) is 46.0 Å². The molecule has 0 bridgehead atoms. The third-order valence-electron chi connectivity index (χ3n) is 3.24. The van der Waals surface area contributed by atoms with Crippen LogP contribution in [0.15, 0.2) is 59.3 Å². The van der Waals surface area contributed by atoms with Crippen LogP contribution < -0.4 is 0 Å². The first-order valence-electron chi connectivity index (χ1n) is 6.37. The van der Waals surface area contributed by atoms with Crippen LogP contribution in [0.25, 0.3) is 10.9 Å². The Bertz CT molecular complexity index is 731. The fourth-order valence-electron chi connectivity index (χ4n) is 2.26. The Morgan fingerprint density at radius 2 is 1.85 bits per heavy atom. The summed E-state index contributed by atoms with van der Waals surface area (Å²) in [7, 11) is 0. The van der Waals surface area contributed by atoms with Crippen molar-refractivity contribution in [3.63, 3.8) is 0 Å². The van der Waals surface area contributed by atoms with Crippen molar-refractivity contribution in [2.75, 3.05) is 0 Å². The molecule has 3 rings (SSSR count). The summed E-state index contributed by atoms with van der Waals surface area (Å²) in [6, 6.07) is 13.4. The fraction of sp³-hybridized carbons (Fsp3) is 0.125. The van der Waals surface area contributed by atoms with E-state index in [0.717, 1.165) is 26.6 Å². The first-order chi connectivity index (χ1) is 9.75. The minimum Gasteiger partial charge on any atom is -0.388 e. The lowest BCUT2D eigenvalue weighted by Crippen LogP contribution is -2.04. The van der Waals surface area contributed by atoms with Gasteiger partial charge in [0.1, 0.15) is 0 Å². The number of hydrogen-bond donors (Lipinski definition) is 1. The summed E-state index contributed by atoms with van der Waals surface area (Å²) < 4.78 is 0.981. The molecule has 3 aromatic rings. The van der Waals surface area contributed by atoms with Gasteiger partial charge in [0.2, 0.25) is 0 Å². The lowest BCUT2D eigenvalue weighted by molar-refractivity contribution is 0.178. The van der Waals surface area contributed by atoms with E-state index in [-0.39, 0.29) is 0 Å². The molecule has 0 spiro atoms. The smallest absolute Gasteiger partial charge is 0.0866 e. The van der Waals surface area contributed by atoms with Crippen LogP contribution in [0.1, 0.15) is 17.4 Å². The van der Waals surface area contributed by atoms with Crippen molar-refractivity contribution < 1.29 is 5.11 Å². The van der Waals surface area contributed by atoms with E-state index in [0.29, 0.717) is 6.42 Å². The number of aromatic nitrogens is 2. The average molecular weight is 329 g/mol. The van der Waals surface area contributed by atoms with E-state index >= 15 is 0 Å². The summed E-state index contributed by atoms with van der Waals surface area (Å²) in [4.78, 5) is 8.65. The van der Waals surface area contributed by atoms with Gasteiger partial charge in [-0.25, -0.2) is 0 Å². The van der Waals surface area contributed by atoms with Gasteiger partial charge in [0, 0.05) is 39.9 Å². The molecule has 0 radical (unpaired) electrons. The van der Waals surface area contributed by atoms with Crippen molar-refractivity contribution in [2.45, 2.75) is 12.5 Å². The molecule has 1 N–H and O–H groups in total. The molecular formula is C16H13BrN2O. The second kappa shape index (κ2) is 5.69. The largest absolute Gasteiger partial charge is 0.388 e. The monoisotopic (exact) mass is 328 g/mol. The molecule has 0 saturated heterocycles. The Kier molecular flexibility index (Phi) is 3.76. The van der Waals surface area contributed by atoms with Gasteiger partial charge in [0.05, 0.1) is 11.6 Å². The number of aliphatic hydroxyl groups excluding tert-OH is 1. The Morgan fingerprint density at radius 1 is 1.00 bits per heavy atom. The van der Waals surface area contributed by atoms with E-state index in [9.17, 15) is 5.11 Å². The molecule has 2 heterocycles. The fourth-order valence-corrected chi connectivity index (χ4v) is 2.71. The Labute approximate surface area is 125 Å². The highest BCUT2D eigenvalue weighted by Gasteiger charge is 2.14. The van der Waals surface area contributed by atoms with Gasteiger partial charge >= 0.3 is 0 Å². The second-order valence-electron chi connectivity index (χ2n) is 4.58. The third-order valence-corrected chi connectivity index (χ3v) is 3.93. The predicted octanol–water partition coefficient (Wildman–Crippen LogP) is 3.67. The highest BCUT2D eigenvalue weighted by molar-refractivity contribution is 9.10. The van der Waals surface area contributed by atoms with Crippen molar-refractivity contribution in [1.29, 1.82) is 0 Å². The number of pyridine rings is 2. The number of fused-ring (bicyclic) bond motifs is 1. The van der Waals surface area contributed by atoms with Gasteiger partial charge in [-0.2, -0.15) is 0 Å². The maximum Gasteiger partial charge on any atom is 0.0866 e. The van der Waals surface area contributed by atoms with Crippen molar-refractivity contribution in [3.05, 3.63) is 70.6 Å². The normalized spacial score (nSPS) is 12.5. The van der Waals surface area contributed by atoms with Gasteiger partial charge in [-0.1, -0.05) is 34.1 Å². The average Bonchev–Trinajstić information content (AvgIpc) is 2.49. The van der Waals surface area contributed by atoms with Gasteiger partial charge in [-0.15, -0.1) is 0 Å². The summed E-state index contributed by atoms with van der Waals surface area (Å²) in [5.74, 6) is 0. The molecule has 2 aromatic heterocycles. The lowest BCUT2D eigenvalue weighted by atomic mass is 10.0. The Morgan fingerprint density at radius 3 is 2.65 bits per heavy atom. The number of rotatable bonds is 3. The summed E-state index contributed by atoms with van der Waals surface area (Å²) in [5, 5.41) is 11.5. The molecule has 20 heavy (non-hydrogen) atoms. The zero-order valence-corrected chi connectivity index (χ0v) is 12.3. The van der Waals surface area contributed by atoms with Crippen LogP contribution in [0.2, 0.25) is 0 Å². The molecule has 4 heteroatoms. The summed E-state index contributed by atoms with van der Waals surface area (Å²) in [5.41, 5.74) is 2.52. The number of halogens is 1. The molecule has 0 saturated carbocycles. The van der Waals surface area contributed by atoms with Crippen molar-refractivity contribution in [1.82, 2.24) is 9.97 Å². The van der Waals surface area contributed by atoms with E-state index in [1.807, 2.05) is 42.5 Å². The van der Waals surface area contributed by atoms with E-state index in [4.69, 9.17) is 0 Å². The van der Waals surface area contributed by atoms with Crippen LogP contribution in [-0.2, 0) is 6.42 Å². The molecule has 0 aliphatic heterocycles. The van der Waals surface area contributed by atoms with Gasteiger partial charge in [0.15, 0.2) is 0 Å². The first kappa shape index (κ1) is 13.2. The Hall–Kier alpha value is -1.78. The van der Waals surface area contributed by atoms with Gasteiger partial charge in [0.25, 0.3) is 0 Å². The molecule has 0 aliphatic carbocycles. The summed E-state index contributed by atoms with van der Waals surface area (Å²) in [6.45, 7) is 0. The zero-order valence-electron chi connectivity index (χ0n) is 10.7. The lowest BCUT2D eigenvalue weighted by Gasteiger charge is -2.13. The van der Waals surface area contributed by atoms with E-state index in [1.54, 1.807) is 12.4 Å². The third kappa shape index (κ3) is 2.57. The van der Waals surface area contributed by atoms with Crippen LogP contribution in [0, 0.1) is 0 Å². The van der Waals surface area contributed by atoms with E-state index in [2.05, 4.69) is 25.9 Å². The van der Waals surface area contributed by atoms with E-state index in [1.165, 1.54) is 0 Å². The maximum absolute atomic E-state index is 10.5. The van der Waals surface area contributed by atoms with Crippen LogP contribution >= 0.6 is 15.9 Å². The van der Waals surface area contributed by atoms with Crippen molar-refractivity contribution >= 4 is 26.8 Å². The Balaban J connectivity index is 2.00. The first-order valence-corrected chi connectivity index (χ1v) is 7.16. The van der Waals surface area contributed by atoms with Crippen LogP contribution in [0.5, 0.6) is 0 Å². The molecule has 3 nitrogen and oxygen atoms in total. The predicted molar refractivity (Wildman–Crippen MR) is 82.3 cm³/mol. The highest BCUT2D eigenvalue weighted by atomic mass is 79.9. The minimum absolute atomic E-state index is 0.480. The van der Waals surface area contributed by atoms with Gasteiger partial charge in [-0.05, 0) is 24.3 Å². The molecule has 1 aromatic carbocycles. The highest BCUT2D eigenvalue weighted by Crippen LogP contribution is 2.29. The van der Waals surface area contributed by atoms with Crippen molar-refractivity contribution in [2.24, 2.45) is 0 Å². The molecule has 100 valence electrons. The zero-order chi connectivity index (χ0) is 13.9. The number of benzene rings is 1. The molecule has 1 atom stereocenters.